The van der Waals surface area contributed by atoms with Gasteiger partial charge in [0.2, 0.25) is 0 Å². The summed E-state index contributed by atoms with van der Waals surface area (Å²) in [5.74, 6) is -1.93. The topological polar surface area (TPSA) is 62.2 Å². The van der Waals surface area contributed by atoms with Crippen LogP contribution >= 0.6 is 11.6 Å². The zero-order valence-corrected chi connectivity index (χ0v) is 10.7. The maximum Gasteiger partial charge on any atom is 0.339 e. The van der Waals surface area contributed by atoms with Crippen LogP contribution in [0, 0.1) is 12.7 Å². The highest BCUT2D eigenvalue weighted by Gasteiger charge is 2.14. The van der Waals surface area contributed by atoms with Gasteiger partial charge in [-0.25, -0.2) is 14.2 Å². The number of anilines is 2. The molecule has 0 fully saturated rings. The van der Waals surface area contributed by atoms with E-state index in [-0.39, 0.29) is 11.4 Å². The highest BCUT2D eigenvalue weighted by Crippen LogP contribution is 2.27. The van der Waals surface area contributed by atoms with E-state index < -0.39 is 11.8 Å². The fourth-order valence-corrected chi connectivity index (χ4v) is 1.83. The smallest absolute Gasteiger partial charge is 0.339 e. The molecule has 0 amide bonds. The molecule has 0 saturated carbocycles. The molecule has 0 spiro atoms. The van der Waals surface area contributed by atoms with Gasteiger partial charge in [-0.1, -0.05) is 17.7 Å². The second kappa shape index (κ2) is 5.24. The SMILES string of the molecule is Cc1ccc(Nc2ncc(F)cc2C(=O)O)c(Cl)c1. The first-order valence-electron chi connectivity index (χ1n) is 5.39. The summed E-state index contributed by atoms with van der Waals surface area (Å²) in [7, 11) is 0. The van der Waals surface area contributed by atoms with Crippen molar-refractivity contribution >= 4 is 29.1 Å². The molecule has 98 valence electrons. The summed E-state index contributed by atoms with van der Waals surface area (Å²) in [5.41, 5.74) is 1.23. The van der Waals surface area contributed by atoms with Crippen molar-refractivity contribution in [2.45, 2.75) is 6.92 Å². The van der Waals surface area contributed by atoms with E-state index in [0.717, 1.165) is 17.8 Å². The van der Waals surface area contributed by atoms with Crippen LogP contribution in [0.1, 0.15) is 15.9 Å². The van der Waals surface area contributed by atoms with Crippen LogP contribution in [0.2, 0.25) is 5.02 Å². The average molecular weight is 281 g/mol. The van der Waals surface area contributed by atoms with Gasteiger partial charge < -0.3 is 10.4 Å². The van der Waals surface area contributed by atoms with Crippen LogP contribution < -0.4 is 5.32 Å². The van der Waals surface area contributed by atoms with Crippen molar-refractivity contribution < 1.29 is 14.3 Å². The molecule has 0 unspecified atom stereocenters. The Morgan fingerprint density at radius 3 is 2.79 bits per heavy atom. The molecule has 0 saturated heterocycles. The van der Waals surface area contributed by atoms with Gasteiger partial charge in [0.25, 0.3) is 0 Å². The summed E-state index contributed by atoms with van der Waals surface area (Å²) in [6.07, 6.45) is 0.941. The number of hydrogen-bond acceptors (Lipinski definition) is 3. The van der Waals surface area contributed by atoms with Gasteiger partial charge in [0.05, 0.1) is 16.9 Å². The molecule has 2 aromatic rings. The third-order valence-electron chi connectivity index (χ3n) is 2.46. The van der Waals surface area contributed by atoms with Gasteiger partial charge in [0.15, 0.2) is 0 Å². The molecule has 0 aliphatic rings. The normalized spacial score (nSPS) is 10.3. The average Bonchev–Trinajstić information content (AvgIpc) is 2.34. The zero-order chi connectivity index (χ0) is 14.0. The maximum atomic E-state index is 13.0. The van der Waals surface area contributed by atoms with E-state index in [4.69, 9.17) is 16.7 Å². The molecule has 0 aliphatic carbocycles. The zero-order valence-electron chi connectivity index (χ0n) is 9.95. The lowest BCUT2D eigenvalue weighted by atomic mass is 10.2. The van der Waals surface area contributed by atoms with Crippen LogP contribution in [0.15, 0.2) is 30.5 Å². The van der Waals surface area contributed by atoms with Gasteiger partial charge in [-0.3, -0.25) is 0 Å². The third kappa shape index (κ3) is 3.00. The molecule has 2 N–H and O–H groups in total. The molecule has 2 rings (SSSR count). The van der Waals surface area contributed by atoms with E-state index in [0.29, 0.717) is 10.7 Å². The fourth-order valence-electron chi connectivity index (χ4n) is 1.55. The number of carboxylic acid groups (broad SMARTS) is 1. The Balaban J connectivity index is 2.40. The van der Waals surface area contributed by atoms with Gasteiger partial charge in [0, 0.05) is 0 Å². The van der Waals surface area contributed by atoms with E-state index >= 15 is 0 Å². The lowest BCUT2D eigenvalue weighted by molar-refractivity contribution is 0.0697. The lowest BCUT2D eigenvalue weighted by Crippen LogP contribution is -2.06. The fraction of sp³-hybridized carbons (Fsp3) is 0.0769. The molecular weight excluding hydrogens is 271 g/mol. The molecule has 1 aromatic heterocycles. The van der Waals surface area contributed by atoms with Crippen molar-refractivity contribution in [3.63, 3.8) is 0 Å². The van der Waals surface area contributed by atoms with Crippen LogP contribution in [-0.2, 0) is 0 Å². The Morgan fingerprint density at radius 2 is 2.16 bits per heavy atom. The first-order chi connectivity index (χ1) is 8.97. The number of benzene rings is 1. The van der Waals surface area contributed by atoms with E-state index in [1.54, 1.807) is 12.1 Å². The highest BCUT2D eigenvalue weighted by atomic mass is 35.5. The number of aromatic nitrogens is 1. The Hall–Kier alpha value is -2.14. The van der Waals surface area contributed by atoms with Crippen LogP contribution in [-0.4, -0.2) is 16.1 Å². The molecule has 1 heterocycles. The summed E-state index contributed by atoms with van der Waals surface area (Å²) in [4.78, 5) is 14.8. The number of aromatic carboxylic acids is 1. The number of rotatable bonds is 3. The van der Waals surface area contributed by atoms with Crippen LogP contribution in [0.25, 0.3) is 0 Å². The molecule has 0 aliphatic heterocycles. The Labute approximate surface area is 113 Å². The highest BCUT2D eigenvalue weighted by molar-refractivity contribution is 6.33. The summed E-state index contributed by atoms with van der Waals surface area (Å²) in [6.45, 7) is 1.88. The van der Waals surface area contributed by atoms with Crippen LogP contribution in [0.4, 0.5) is 15.9 Å². The van der Waals surface area contributed by atoms with Gasteiger partial charge in [-0.05, 0) is 30.7 Å². The second-order valence-electron chi connectivity index (χ2n) is 3.96. The third-order valence-corrected chi connectivity index (χ3v) is 2.78. The van der Waals surface area contributed by atoms with Crippen LogP contribution in [0.3, 0.4) is 0 Å². The van der Waals surface area contributed by atoms with Gasteiger partial charge >= 0.3 is 5.97 Å². The van der Waals surface area contributed by atoms with Crippen molar-refractivity contribution in [1.29, 1.82) is 0 Å². The molecule has 0 atom stereocenters. The minimum atomic E-state index is -1.27. The summed E-state index contributed by atoms with van der Waals surface area (Å²) in [5, 5.41) is 12.2. The second-order valence-corrected chi connectivity index (χ2v) is 4.37. The molecule has 0 bridgehead atoms. The molecular formula is C13H10ClFN2O2. The standard InChI is InChI=1S/C13H10ClFN2O2/c1-7-2-3-11(10(14)4-7)17-12-9(13(18)19)5-8(15)6-16-12/h2-6H,1H3,(H,16,17)(H,18,19). The first kappa shape index (κ1) is 13.3. The number of nitrogens with one attached hydrogen (secondary N) is 1. The lowest BCUT2D eigenvalue weighted by Gasteiger charge is -2.10. The number of hydrogen-bond donors (Lipinski definition) is 2. The largest absolute Gasteiger partial charge is 0.478 e. The summed E-state index contributed by atoms with van der Waals surface area (Å²) >= 11 is 6.03. The predicted octanol–water partition coefficient (Wildman–Crippen LogP) is 3.62. The number of halogens is 2. The summed E-state index contributed by atoms with van der Waals surface area (Å²) < 4.78 is 13.0. The summed E-state index contributed by atoms with van der Waals surface area (Å²) in [6, 6.07) is 6.15. The van der Waals surface area contributed by atoms with Crippen molar-refractivity contribution in [2.24, 2.45) is 0 Å². The number of pyridine rings is 1. The Morgan fingerprint density at radius 1 is 1.42 bits per heavy atom. The van der Waals surface area contributed by atoms with Crippen molar-refractivity contribution in [2.75, 3.05) is 5.32 Å². The van der Waals surface area contributed by atoms with E-state index in [1.807, 2.05) is 13.0 Å². The van der Waals surface area contributed by atoms with E-state index in [2.05, 4.69) is 10.3 Å². The minimum absolute atomic E-state index is 0.0413. The van der Waals surface area contributed by atoms with Crippen molar-refractivity contribution in [3.05, 3.63) is 52.4 Å². The van der Waals surface area contributed by atoms with Crippen LogP contribution in [0.5, 0.6) is 0 Å². The number of carboxylic acids is 1. The Kier molecular flexibility index (Phi) is 3.66. The number of nitrogens with zero attached hydrogens (tertiary/aromatic N) is 1. The van der Waals surface area contributed by atoms with Crippen molar-refractivity contribution in [3.8, 4) is 0 Å². The van der Waals surface area contributed by atoms with E-state index in [9.17, 15) is 9.18 Å². The number of aryl methyl sites for hydroxylation is 1. The minimum Gasteiger partial charge on any atom is -0.478 e. The van der Waals surface area contributed by atoms with Gasteiger partial charge in [0.1, 0.15) is 17.2 Å². The quantitative estimate of drug-likeness (QED) is 0.901. The van der Waals surface area contributed by atoms with Gasteiger partial charge in [-0.15, -0.1) is 0 Å². The monoisotopic (exact) mass is 280 g/mol. The predicted molar refractivity (Wildman–Crippen MR) is 70.6 cm³/mol. The van der Waals surface area contributed by atoms with E-state index in [1.165, 1.54) is 0 Å². The molecule has 4 nitrogen and oxygen atoms in total. The molecule has 0 radical (unpaired) electrons. The molecule has 1 aromatic carbocycles. The van der Waals surface area contributed by atoms with Crippen molar-refractivity contribution in [1.82, 2.24) is 4.98 Å². The molecule has 19 heavy (non-hydrogen) atoms. The Bertz CT molecular complexity index is 647. The van der Waals surface area contributed by atoms with Gasteiger partial charge in [-0.2, -0.15) is 0 Å². The number of carbonyl (C=O) groups is 1. The maximum absolute atomic E-state index is 13.0. The molecule has 6 heteroatoms. The first-order valence-corrected chi connectivity index (χ1v) is 5.77.